The minimum atomic E-state index is 0.141. The van der Waals surface area contributed by atoms with E-state index in [0.29, 0.717) is 12.0 Å². The molecule has 1 aromatic carbocycles. The highest BCUT2D eigenvalue weighted by Crippen LogP contribution is 2.32. The lowest BCUT2D eigenvalue weighted by atomic mass is 9.93. The molecule has 5 heteroatoms. The first-order valence-electron chi connectivity index (χ1n) is 7.72. The van der Waals surface area contributed by atoms with E-state index in [-0.39, 0.29) is 5.91 Å². The van der Waals surface area contributed by atoms with Crippen LogP contribution in [-0.2, 0) is 0 Å². The van der Waals surface area contributed by atoms with Crippen molar-refractivity contribution in [2.75, 3.05) is 27.2 Å². The molecule has 2 atom stereocenters. The van der Waals surface area contributed by atoms with E-state index in [0.717, 1.165) is 22.4 Å². The predicted octanol–water partition coefficient (Wildman–Crippen LogP) is 3.99. The minimum absolute atomic E-state index is 0.141. The summed E-state index contributed by atoms with van der Waals surface area (Å²) in [5, 5.41) is 1.96. The van der Waals surface area contributed by atoms with Gasteiger partial charge in [-0.2, -0.15) is 0 Å². The van der Waals surface area contributed by atoms with Gasteiger partial charge in [-0.1, -0.05) is 29.8 Å². The molecule has 23 heavy (non-hydrogen) atoms. The number of likely N-dealkylation sites (tertiary alicyclic amines) is 1. The number of amides is 1. The Hall–Kier alpha value is -1.17. The molecule has 2 unspecified atom stereocenters. The number of nitrogens with zero attached hydrogens (tertiary/aromatic N) is 2. The molecule has 2 heterocycles. The van der Waals surface area contributed by atoms with Crippen molar-refractivity contribution in [3.8, 4) is 0 Å². The van der Waals surface area contributed by atoms with Crippen LogP contribution in [0.2, 0.25) is 0 Å². The molecule has 1 aliphatic heterocycles. The maximum absolute atomic E-state index is 12.8. The Morgan fingerprint density at radius 1 is 1.26 bits per heavy atom. The van der Waals surface area contributed by atoms with E-state index in [2.05, 4.69) is 66.1 Å². The Labute approximate surface area is 150 Å². The van der Waals surface area contributed by atoms with E-state index in [1.54, 1.807) is 0 Å². The van der Waals surface area contributed by atoms with Crippen LogP contribution in [0, 0.1) is 6.92 Å². The van der Waals surface area contributed by atoms with Gasteiger partial charge in [-0.05, 0) is 48.6 Å². The zero-order valence-corrected chi connectivity index (χ0v) is 16.0. The zero-order valence-electron chi connectivity index (χ0n) is 13.6. The molecule has 0 N–H and O–H groups in total. The van der Waals surface area contributed by atoms with Gasteiger partial charge >= 0.3 is 0 Å². The molecular formula is C18H21BrN2OS. The van der Waals surface area contributed by atoms with Crippen LogP contribution in [0.4, 0.5) is 0 Å². The van der Waals surface area contributed by atoms with E-state index < -0.39 is 0 Å². The van der Waals surface area contributed by atoms with Gasteiger partial charge in [-0.15, -0.1) is 11.3 Å². The van der Waals surface area contributed by atoms with Crippen LogP contribution in [0.25, 0.3) is 0 Å². The second-order valence-electron chi connectivity index (χ2n) is 6.39. The zero-order chi connectivity index (χ0) is 16.6. The Kier molecular flexibility index (Phi) is 4.90. The van der Waals surface area contributed by atoms with Crippen LogP contribution in [0.5, 0.6) is 0 Å². The number of carbonyl (C=O) groups excluding carboxylic acids is 1. The van der Waals surface area contributed by atoms with Gasteiger partial charge in [0.15, 0.2) is 0 Å². The van der Waals surface area contributed by atoms with Crippen molar-refractivity contribution < 1.29 is 4.79 Å². The second-order valence-corrected chi connectivity index (χ2v) is 8.21. The highest BCUT2D eigenvalue weighted by molar-refractivity contribution is 9.10. The summed E-state index contributed by atoms with van der Waals surface area (Å²) in [6.07, 6.45) is 0. The molecular weight excluding hydrogens is 372 g/mol. The highest BCUT2D eigenvalue weighted by atomic mass is 79.9. The summed E-state index contributed by atoms with van der Waals surface area (Å²) in [5.41, 5.74) is 2.58. The number of hydrogen-bond donors (Lipinski definition) is 0. The fraction of sp³-hybridized carbons (Fsp3) is 0.389. The first kappa shape index (κ1) is 16.7. The molecule has 0 radical (unpaired) electrons. The number of aryl methyl sites for hydroxylation is 1. The van der Waals surface area contributed by atoms with Gasteiger partial charge in [0.05, 0.1) is 4.88 Å². The lowest BCUT2D eigenvalue weighted by molar-refractivity contribution is 0.0787. The van der Waals surface area contributed by atoms with Crippen molar-refractivity contribution in [2.45, 2.75) is 18.9 Å². The fourth-order valence-electron chi connectivity index (χ4n) is 3.20. The van der Waals surface area contributed by atoms with E-state index in [4.69, 9.17) is 0 Å². The van der Waals surface area contributed by atoms with Gasteiger partial charge in [0.25, 0.3) is 5.91 Å². The van der Waals surface area contributed by atoms with Crippen LogP contribution in [0.1, 0.15) is 26.7 Å². The van der Waals surface area contributed by atoms with E-state index in [1.807, 2.05) is 16.3 Å². The number of hydrogen-bond acceptors (Lipinski definition) is 3. The summed E-state index contributed by atoms with van der Waals surface area (Å²) in [5.74, 6) is 0.500. The Balaban J connectivity index is 1.83. The van der Waals surface area contributed by atoms with Crippen molar-refractivity contribution in [2.24, 2.45) is 0 Å². The summed E-state index contributed by atoms with van der Waals surface area (Å²) in [6, 6.07) is 11.0. The second kappa shape index (κ2) is 6.75. The third-order valence-electron chi connectivity index (χ3n) is 4.52. The molecule has 0 saturated carbocycles. The first-order valence-corrected chi connectivity index (χ1v) is 9.39. The number of likely N-dealkylation sites (N-methyl/N-ethyl adjacent to an activating group) is 1. The Morgan fingerprint density at radius 2 is 1.96 bits per heavy atom. The Bertz CT molecular complexity index is 695. The molecule has 3 nitrogen and oxygen atoms in total. The maximum Gasteiger partial charge on any atom is 0.264 e. The van der Waals surface area contributed by atoms with Crippen LogP contribution < -0.4 is 0 Å². The number of carbonyl (C=O) groups is 1. The summed E-state index contributed by atoms with van der Waals surface area (Å²) < 4.78 is 0.976. The van der Waals surface area contributed by atoms with Crippen molar-refractivity contribution in [3.05, 3.63) is 56.2 Å². The van der Waals surface area contributed by atoms with Gasteiger partial charge < -0.3 is 9.80 Å². The molecule has 122 valence electrons. The van der Waals surface area contributed by atoms with Crippen LogP contribution >= 0.6 is 27.3 Å². The minimum Gasteiger partial charge on any atom is -0.336 e. The average Bonchev–Trinajstić information content (AvgIpc) is 3.14. The molecule has 1 fully saturated rings. The van der Waals surface area contributed by atoms with Gasteiger partial charge in [0, 0.05) is 34.9 Å². The van der Waals surface area contributed by atoms with Crippen molar-refractivity contribution in [3.63, 3.8) is 0 Å². The fourth-order valence-corrected chi connectivity index (χ4v) is 4.59. The highest BCUT2D eigenvalue weighted by Gasteiger charge is 2.37. The largest absolute Gasteiger partial charge is 0.336 e. The molecule has 0 spiro atoms. The van der Waals surface area contributed by atoms with Crippen LogP contribution in [0.3, 0.4) is 0 Å². The first-order chi connectivity index (χ1) is 11.0. The third-order valence-corrected chi connectivity index (χ3v) is 6.20. The summed E-state index contributed by atoms with van der Waals surface area (Å²) >= 11 is 4.93. The Morgan fingerprint density at radius 3 is 2.52 bits per heavy atom. The smallest absolute Gasteiger partial charge is 0.264 e. The van der Waals surface area contributed by atoms with Crippen LogP contribution in [0.15, 0.2) is 40.2 Å². The molecule has 0 bridgehead atoms. The van der Waals surface area contributed by atoms with E-state index in [1.165, 1.54) is 22.5 Å². The molecule has 0 aliphatic carbocycles. The van der Waals surface area contributed by atoms with Gasteiger partial charge in [0.1, 0.15) is 0 Å². The van der Waals surface area contributed by atoms with Gasteiger partial charge in [-0.3, -0.25) is 4.79 Å². The summed E-state index contributed by atoms with van der Waals surface area (Å²) in [6.45, 7) is 3.66. The third kappa shape index (κ3) is 3.52. The average molecular weight is 393 g/mol. The number of thiophene rings is 1. The van der Waals surface area contributed by atoms with E-state index in [9.17, 15) is 4.79 Å². The number of benzene rings is 1. The quantitative estimate of drug-likeness (QED) is 0.788. The SMILES string of the molecule is Cc1ccc(C2CN(C(=O)c3cc(Br)cs3)CC2N(C)C)cc1. The molecule has 1 saturated heterocycles. The van der Waals surface area contributed by atoms with Gasteiger partial charge in [0.2, 0.25) is 0 Å². The molecule has 1 amide bonds. The molecule has 1 aromatic heterocycles. The maximum atomic E-state index is 12.8. The molecule has 3 rings (SSSR count). The van der Waals surface area contributed by atoms with Crippen molar-refractivity contribution in [1.82, 2.24) is 9.80 Å². The van der Waals surface area contributed by atoms with E-state index >= 15 is 0 Å². The van der Waals surface area contributed by atoms with Gasteiger partial charge in [-0.25, -0.2) is 0 Å². The lowest BCUT2D eigenvalue weighted by Gasteiger charge is -2.25. The normalized spacial score (nSPS) is 21.2. The summed E-state index contributed by atoms with van der Waals surface area (Å²) in [4.78, 5) is 17.8. The topological polar surface area (TPSA) is 23.6 Å². The lowest BCUT2D eigenvalue weighted by Crippen LogP contribution is -2.35. The monoisotopic (exact) mass is 392 g/mol. The molecule has 1 aliphatic rings. The summed E-state index contributed by atoms with van der Waals surface area (Å²) in [7, 11) is 4.20. The van der Waals surface area contributed by atoms with Crippen molar-refractivity contribution in [1.29, 1.82) is 0 Å². The van der Waals surface area contributed by atoms with Crippen LogP contribution in [-0.4, -0.2) is 48.9 Å². The number of rotatable bonds is 3. The van der Waals surface area contributed by atoms with Crippen molar-refractivity contribution >= 4 is 33.2 Å². The predicted molar refractivity (Wildman–Crippen MR) is 99.3 cm³/mol. The number of halogens is 1. The standard InChI is InChI=1S/C18H21BrN2OS/c1-12-4-6-13(7-5-12)15-9-21(10-16(15)20(2)3)18(22)17-8-14(19)11-23-17/h4-8,11,15-16H,9-10H2,1-3H3. The molecule has 2 aromatic rings.